The van der Waals surface area contributed by atoms with Gasteiger partial charge in [-0.1, -0.05) is 12.1 Å². The summed E-state index contributed by atoms with van der Waals surface area (Å²) in [5.74, 6) is 0.816. The van der Waals surface area contributed by atoms with Gasteiger partial charge in [-0.15, -0.1) is 0 Å². The molecule has 0 saturated heterocycles. The van der Waals surface area contributed by atoms with Gasteiger partial charge in [0.05, 0.1) is 38.2 Å². The van der Waals surface area contributed by atoms with Crippen molar-refractivity contribution in [3.8, 4) is 0 Å². The van der Waals surface area contributed by atoms with Crippen LogP contribution in [0.15, 0.2) is 36.4 Å². The molecule has 0 spiro atoms. The number of benzene rings is 1. The van der Waals surface area contributed by atoms with Crippen LogP contribution in [0.25, 0.3) is 0 Å². The van der Waals surface area contributed by atoms with Gasteiger partial charge in [0.2, 0.25) is 0 Å². The van der Waals surface area contributed by atoms with E-state index in [2.05, 4.69) is 4.98 Å². The van der Waals surface area contributed by atoms with Crippen LogP contribution in [0.4, 0.5) is 10.2 Å². The number of hydrogen-bond donors (Lipinski definition) is 1. The van der Waals surface area contributed by atoms with Gasteiger partial charge in [-0.05, 0) is 67.5 Å². The van der Waals surface area contributed by atoms with Crippen LogP contribution in [0.5, 0.6) is 0 Å². The van der Waals surface area contributed by atoms with Gasteiger partial charge in [0.25, 0.3) is 0 Å². The summed E-state index contributed by atoms with van der Waals surface area (Å²) >= 11 is 0. The molecule has 6 heteroatoms. The zero-order valence-corrected chi connectivity index (χ0v) is 16.4. The van der Waals surface area contributed by atoms with Gasteiger partial charge in [0, 0.05) is 6.61 Å². The molecule has 152 valence electrons. The number of rotatable bonds is 10. The quantitative estimate of drug-likeness (QED) is 0.623. The van der Waals surface area contributed by atoms with Crippen molar-refractivity contribution in [3.63, 3.8) is 0 Å². The van der Waals surface area contributed by atoms with Crippen molar-refractivity contribution in [2.45, 2.75) is 45.5 Å². The number of hydrogen-bond acceptors (Lipinski definition) is 5. The summed E-state index contributed by atoms with van der Waals surface area (Å²) in [6.07, 6.45) is 3.41. The molecular weight excluding hydrogens is 359 g/mol. The van der Waals surface area contributed by atoms with Gasteiger partial charge >= 0.3 is 0 Å². The normalized spacial score (nSPS) is 19.2. The average molecular weight is 388 g/mol. The molecule has 0 unspecified atom stereocenters. The first-order chi connectivity index (χ1) is 13.6. The molecular formula is C22H29FN2O3. The van der Waals surface area contributed by atoms with Crippen LogP contribution in [-0.2, 0) is 27.4 Å². The van der Waals surface area contributed by atoms with Crippen molar-refractivity contribution >= 4 is 5.82 Å². The lowest BCUT2D eigenvalue weighted by Crippen LogP contribution is -2.13. The molecule has 5 nitrogen and oxygen atoms in total. The van der Waals surface area contributed by atoms with Crippen molar-refractivity contribution in [2.24, 2.45) is 5.92 Å². The van der Waals surface area contributed by atoms with E-state index in [4.69, 9.17) is 19.9 Å². The van der Waals surface area contributed by atoms with Crippen molar-refractivity contribution in [2.75, 3.05) is 25.6 Å². The van der Waals surface area contributed by atoms with Crippen molar-refractivity contribution in [3.05, 3.63) is 59.0 Å². The number of nitrogen functional groups attached to an aromatic ring is 1. The molecule has 0 amide bonds. The molecule has 0 radical (unpaired) electrons. The molecule has 1 aliphatic rings. The van der Waals surface area contributed by atoms with Gasteiger partial charge in [-0.25, -0.2) is 9.37 Å². The summed E-state index contributed by atoms with van der Waals surface area (Å²) in [4.78, 5) is 4.31. The standard InChI is InChI=1S/C22H29FN2O3/c1-16-9-20(25-22(24)10-16)15-28-21-6-5-18(12-21)14-27-8-7-26-13-17-3-2-4-19(23)11-17/h2-4,9-11,18,21H,5-8,12-15H2,1H3,(H2,24,25)/t18-,21-/m0/s1. The van der Waals surface area contributed by atoms with E-state index in [0.717, 1.165) is 42.7 Å². The summed E-state index contributed by atoms with van der Waals surface area (Å²) in [7, 11) is 0. The second kappa shape index (κ2) is 10.5. The minimum absolute atomic E-state index is 0.239. The minimum atomic E-state index is -0.239. The molecule has 28 heavy (non-hydrogen) atoms. The molecule has 0 bridgehead atoms. The summed E-state index contributed by atoms with van der Waals surface area (Å²) in [6.45, 7) is 4.68. The number of nitrogens with zero attached hydrogens (tertiary/aromatic N) is 1. The fraction of sp³-hybridized carbons (Fsp3) is 0.500. The molecule has 1 aliphatic carbocycles. The van der Waals surface area contributed by atoms with Crippen LogP contribution in [0.3, 0.4) is 0 Å². The van der Waals surface area contributed by atoms with Crippen LogP contribution in [0.2, 0.25) is 0 Å². The molecule has 2 aromatic rings. The maximum atomic E-state index is 13.1. The number of nitrogens with two attached hydrogens (primary N) is 1. The van der Waals surface area contributed by atoms with Gasteiger partial charge in [-0.3, -0.25) is 0 Å². The Kier molecular flexibility index (Phi) is 7.77. The van der Waals surface area contributed by atoms with E-state index in [1.807, 2.05) is 25.1 Å². The fourth-order valence-electron chi connectivity index (χ4n) is 3.56. The molecule has 1 saturated carbocycles. The van der Waals surface area contributed by atoms with E-state index in [1.165, 1.54) is 12.1 Å². The van der Waals surface area contributed by atoms with Crippen LogP contribution < -0.4 is 5.73 Å². The highest BCUT2D eigenvalue weighted by atomic mass is 19.1. The zero-order chi connectivity index (χ0) is 19.8. The lowest BCUT2D eigenvalue weighted by Gasteiger charge is -2.13. The third kappa shape index (κ3) is 6.86. The van der Waals surface area contributed by atoms with E-state index in [-0.39, 0.29) is 11.9 Å². The Hall–Kier alpha value is -2.02. The predicted octanol–water partition coefficient (Wildman–Crippen LogP) is 4.03. The number of halogens is 1. The molecule has 0 aliphatic heterocycles. The van der Waals surface area contributed by atoms with Gasteiger partial charge < -0.3 is 19.9 Å². The Balaban J connectivity index is 1.25. The molecule has 3 rings (SSSR count). The first kappa shape index (κ1) is 20.7. The minimum Gasteiger partial charge on any atom is -0.384 e. The number of anilines is 1. The zero-order valence-electron chi connectivity index (χ0n) is 16.4. The molecule has 1 fully saturated rings. The Morgan fingerprint density at radius 1 is 1.11 bits per heavy atom. The van der Waals surface area contributed by atoms with E-state index in [0.29, 0.717) is 38.2 Å². The highest BCUT2D eigenvalue weighted by Gasteiger charge is 2.25. The highest BCUT2D eigenvalue weighted by Crippen LogP contribution is 2.28. The summed E-state index contributed by atoms with van der Waals surface area (Å²) < 4.78 is 30.4. The Morgan fingerprint density at radius 2 is 1.96 bits per heavy atom. The molecule has 1 aromatic carbocycles. The Morgan fingerprint density at radius 3 is 2.79 bits per heavy atom. The molecule has 2 N–H and O–H groups in total. The van der Waals surface area contributed by atoms with E-state index in [9.17, 15) is 4.39 Å². The van der Waals surface area contributed by atoms with Crippen LogP contribution in [0.1, 0.15) is 36.1 Å². The maximum absolute atomic E-state index is 13.1. The van der Waals surface area contributed by atoms with Crippen molar-refractivity contribution in [1.82, 2.24) is 4.98 Å². The third-order valence-electron chi connectivity index (χ3n) is 4.89. The monoisotopic (exact) mass is 388 g/mol. The number of pyridine rings is 1. The molecule has 1 aromatic heterocycles. The maximum Gasteiger partial charge on any atom is 0.123 e. The number of aryl methyl sites for hydroxylation is 1. The summed E-state index contributed by atoms with van der Waals surface area (Å²) in [6, 6.07) is 10.3. The SMILES string of the molecule is Cc1cc(N)nc(CO[C@H]2CC[C@H](COCCOCc3cccc(F)c3)C2)c1. The van der Waals surface area contributed by atoms with Crippen LogP contribution >= 0.6 is 0 Å². The predicted molar refractivity (Wildman–Crippen MR) is 106 cm³/mol. The first-order valence-electron chi connectivity index (χ1n) is 9.83. The van der Waals surface area contributed by atoms with Gasteiger partial charge in [-0.2, -0.15) is 0 Å². The Bertz CT molecular complexity index is 736. The van der Waals surface area contributed by atoms with E-state index < -0.39 is 0 Å². The summed E-state index contributed by atoms with van der Waals surface area (Å²) in [5, 5.41) is 0. The fourth-order valence-corrected chi connectivity index (χ4v) is 3.56. The first-order valence-corrected chi connectivity index (χ1v) is 9.83. The molecule has 1 heterocycles. The van der Waals surface area contributed by atoms with Gasteiger partial charge in [0.1, 0.15) is 11.6 Å². The second-order valence-corrected chi connectivity index (χ2v) is 7.43. The van der Waals surface area contributed by atoms with E-state index >= 15 is 0 Å². The second-order valence-electron chi connectivity index (χ2n) is 7.43. The topological polar surface area (TPSA) is 66.6 Å². The highest BCUT2D eigenvalue weighted by molar-refractivity contribution is 5.33. The summed E-state index contributed by atoms with van der Waals surface area (Å²) in [5.41, 5.74) is 8.60. The Labute approximate surface area is 166 Å². The van der Waals surface area contributed by atoms with Crippen molar-refractivity contribution in [1.29, 1.82) is 0 Å². The lowest BCUT2D eigenvalue weighted by molar-refractivity contribution is 0.0176. The lowest BCUT2D eigenvalue weighted by atomic mass is 10.1. The largest absolute Gasteiger partial charge is 0.384 e. The van der Waals surface area contributed by atoms with Crippen LogP contribution in [0, 0.1) is 18.7 Å². The third-order valence-corrected chi connectivity index (χ3v) is 4.89. The average Bonchev–Trinajstić information content (AvgIpc) is 3.10. The van der Waals surface area contributed by atoms with E-state index in [1.54, 1.807) is 6.07 Å². The van der Waals surface area contributed by atoms with Crippen molar-refractivity contribution < 1.29 is 18.6 Å². The number of aromatic nitrogens is 1. The smallest absolute Gasteiger partial charge is 0.123 e. The molecule has 2 atom stereocenters. The number of ether oxygens (including phenoxy) is 3. The van der Waals surface area contributed by atoms with Crippen LogP contribution in [-0.4, -0.2) is 30.9 Å². The van der Waals surface area contributed by atoms with Gasteiger partial charge in [0.15, 0.2) is 0 Å².